The van der Waals surface area contributed by atoms with Crippen molar-refractivity contribution in [3.8, 4) is 5.75 Å². The van der Waals surface area contributed by atoms with Crippen LogP contribution in [0, 0.1) is 12.8 Å². The minimum Gasteiger partial charge on any atom is -0.497 e. The Morgan fingerprint density at radius 3 is 2.85 bits per heavy atom. The SMILES string of the molecule is COc1cc(C)nc(CC2Cc3ccccc3C2=O)c1. The second-order valence-corrected chi connectivity index (χ2v) is 5.27. The number of carbonyl (C=O) groups excluding carboxylic acids is 1. The average molecular weight is 267 g/mol. The number of nitrogens with zero attached hydrogens (tertiary/aromatic N) is 1. The number of aryl methyl sites for hydroxylation is 1. The van der Waals surface area contributed by atoms with Gasteiger partial charge in [-0.05, 0) is 18.9 Å². The number of rotatable bonds is 3. The maximum Gasteiger partial charge on any atom is 0.166 e. The Labute approximate surface area is 118 Å². The van der Waals surface area contributed by atoms with Crippen LogP contribution in [0.3, 0.4) is 0 Å². The van der Waals surface area contributed by atoms with Crippen molar-refractivity contribution in [1.82, 2.24) is 4.98 Å². The molecule has 0 bridgehead atoms. The second-order valence-electron chi connectivity index (χ2n) is 5.27. The number of hydrogen-bond donors (Lipinski definition) is 0. The highest BCUT2D eigenvalue weighted by molar-refractivity contribution is 6.02. The quantitative estimate of drug-likeness (QED) is 0.858. The molecule has 3 nitrogen and oxygen atoms in total. The highest BCUT2D eigenvalue weighted by Crippen LogP contribution is 2.29. The summed E-state index contributed by atoms with van der Waals surface area (Å²) in [5, 5.41) is 0. The van der Waals surface area contributed by atoms with Crippen molar-refractivity contribution in [3.63, 3.8) is 0 Å². The zero-order chi connectivity index (χ0) is 14.1. The van der Waals surface area contributed by atoms with Crippen molar-refractivity contribution in [1.29, 1.82) is 0 Å². The molecule has 0 fully saturated rings. The third-order valence-electron chi connectivity index (χ3n) is 3.79. The standard InChI is InChI=1S/C17H17NO2/c1-11-7-15(20-2)10-14(18-11)9-13-8-12-5-3-4-6-16(12)17(13)19/h3-7,10,13H,8-9H2,1-2H3. The normalized spacial score (nSPS) is 17.1. The molecule has 1 atom stereocenters. The molecule has 102 valence electrons. The van der Waals surface area contributed by atoms with Gasteiger partial charge in [-0.2, -0.15) is 0 Å². The van der Waals surface area contributed by atoms with Crippen LogP contribution >= 0.6 is 0 Å². The van der Waals surface area contributed by atoms with Gasteiger partial charge in [0.05, 0.1) is 7.11 Å². The molecule has 0 spiro atoms. The van der Waals surface area contributed by atoms with E-state index in [1.54, 1.807) is 7.11 Å². The van der Waals surface area contributed by atoms with Crippen LogP contribution in [0.4, 0.5) is 0 Å². The molecule has 0 radical (unpaired) electrons. The summed E-state index contributed by atoms with van der Waals surface area (Å²) in [4.78, 5) is 16.9. The summed E-state index contributed by atoms with van der Waals surface area (Å²) in [7, 11) is 1.65. The zero-order valence-corrected chi connectivity index (χ0v) is 11.7. The van der Waals surface area contributed by atoms with Crippen molar-refractivity contribution >= 4 is 5.78 Å². The van der Waals surface area contributed by atoms with Crippen LogP contribution in [0.1, 0.15) is 27.3 Å². The topological polar surface area (TPSA) is 39.2 Å². The van der Waals surface area contributed by atoms with Crippen molar-refractivity contribution < 1.29 is 9.53 Å². The van der Waals surface area contributed by atoms with Gasteiger partial charge >= 0.3 is 0 Å². The van der Waals surface area contributed by atoms with E-state index >= 15 is 0 Å². The number of ketones is 1. The number of carbonyl (C=O) groups is 1. The van der Waals surface area contributed by atoms with Crippen LogP contribution in [-0.2, 0) is 12.8 Å². The lowest BCUT2D eigenvalue weighted by molar-refractivity contribution is 0.0935. The fraction of sp³-hybridized carbons (Fsp3) is 0.294. The molecule has 1 aromatic carbocycles. The third-order valence-corrected chi connectivity index (χ3v) is 3.79. The molecule has 3 heteroatoms. The molecule has 1 aliphatic rings. The van der Waals surface area contributed by atoms with Crippen LogP contribution < -0.4 is 4.74 Å². The van der Waals surface area contributed by atoms with E-state index in [-0.39, 0.29) is 11.7 Å². The average Bonchev–Trinajstić information content (AvgIpc) is 2.75. The van der Waals surface area contributed by atoms with E-state index in [9.17, 15) is 4.79 Å². The van der Waals surface area contributed by atoms with Gasteiger partial charge in [0.25, 0.3) is 0 Å². The van der Waals surface area contributed by atoms with E-state index in [1.165, 1.54) is 0 Å². The van der Waals surface area contributed by atoms with Crippen LogP contribution in [0.15, 0.2) is 36.4 Å². The monoisotopic (exact) mass is 267 g/mol. The summed E-state index contributed by atoms with van der Waals surface area (Å²) in [6.07, 6.45) is 1.48. The first-order valence-electron chi connectivity index (χ1n) is 6.81. The van der Waals surface area contributed by atoms with Gasteiger partial charge in [0, 0.05) is 41.4 Å². The Kier molecular flexibility index (Phi) is 3.26. The number of methoxy groups -OCH3 is 1. The molecule has 20 heavy (non-hydrogen) atoms. The Bertz CT molecular complexity index is 664. The number of Topliss-reactive ketones (excluding diaryl/α,β-unsaturated/α-hetero) is 1. The molecule has 0 N–H and O–H groups in total. The Morgan fingerprint density at radius 1 is 1.30 bits per heavy atom. The molecule has 1 heterocycles. The van der Waals surface area contributed by atoms with Crippen LogP contribution in [0.2, 0.25) is 0 Å². The highest BCUT2D eigenvalue weighted by atomic mass is 16.5. The van der Waals surface area contributed by atoms with E-state index in [0.29, 0.717) is 6.42 Å². The van der Waals surface area contributed by atoms with Gasteiger partial charge in [-0.25, -0.2) is 0 Å². The van der Waals surface area contributed by atoms with Gasteiger partial charge in [-0.15, -0.1) is 0 Å². The summed E-state index contributed by atoms with van der Waals surface area (Å²) >= 11 is 0. The number of aromatic nitrogens is 1. The van der Waals surface area contributed by atoms with Crippen molar-refractivity contribution in [3.05, 3.63) is 58.9 Å². The minimum atomic E-state index is 0.00593. The number of ether oxygens (including phenoxy) is 1. The fourth-order valence-electron chi connectivity index (χ4n) is 2.86. The fourth-order valence-corrected chi connectivity index (χ4v) is 2.86. The first-order valence-corrected chi connectivity index (χ1v) is 6.81. The maximum atomic E-state index is 12.4. The van der Waals surface area contributed by atoms with E-state index in [1.807, 2.05) is 43.3 Å². The van der Waals surface area contributed by atoms with Crippen molar-refractivity contribution in [2.75, 3.05) is 7.11 Å². The van der Waals surface area contributed by atoms with E-state index in [4.69, 9.17) is 4.74 Å². The molecular formula is C17H17NO2. The molecular weight excluding hydrogens is 250 g/mol. The van der Waals surface area contributed by atoms with Crippen LogP contribution in [0.5, 0.6) is 5.75 Å². The van der Waals surface area contributed by atoms with E-state index in [2.05, 4.69) is 4.98 Å². The largest absolute Gasteiger partial charge is 0.497 e. The van der Waals surface area contributed by atoms with Gasteiger partial charge < -0.3 is 4.74 Å². The number of fused-ring (bicyclic) bond motifs is 1. The maximum absolute atomic E-state index is 12.4. The van der Waals surface area contributed by atoms with Gasteiger partial charge in [0.15, 0.2) is 5.78 Å². The lowest BCUT2D eigenvalue weighted by atomic mass is 9.98. The second kappa shape index (κ2) is 5.08. The predicted molar refractivity (Wildman–Crippen MR) is 77.2 cm³/mol. The Balaban J connectivity index is 1.84. The molecule has 3 rings (SSSR count). The smallest absolute Gasteiger partial charge is 0.166 e. The summed E-state index contributed by atoms with van der Waals surface area (Å²) in [6, 6.07) is 11.7. The summed E-state index contributed by atoms with van der Waals surface area (Å²) < 4.78 is 5.26. The Morgan fingerprint density at radius 2 is 2.10 bits per heavy atom. The van der Waals surface area contributed by atoms with Crippen LogP contribution in [0.25, 0.3) is 0 Å². The molecule has 1 aliphatic carbocycles. The van der Waals surface area contributed by atoms with Crippen LogP contribution in [-0.4, -0.2) is 17.9 Å². The predicted octanol–water partition coefficient (Wildman–Crippen LogP) is 3.00. The van der Waals surface area contributed by atoms with E-state index in [0.717, 1.165) is 34.7 Å². The minimum absolute atomic E-state index is 0.00593. The van der Waals surface area contributed by atoms with Crippen molar-refractivity contribution in [2.45, 2.75) is 19.8 Å². The van der Waals surface area contributed by atoms with Gasteiger partial charge in [-0.1, -0.05) is 24.3 Å². The number of hydrogen-bond acceptors (Lipinski definition) is 3. The van der Waals surface area contributed by atoms with Gasteiger partial charge in [0.2, 0.25) is 0 Å². The molecule has 0 amide bonds. The van der Waals surface area contributed by atoms with E-state index < -0.39 is 0 Å². The number of benzene rings is 1. The Hall–Kier alpha value is -2.16. The summed E-state index contributed by atoms with van der Waals surface area (Å²) in [5.41, 5.74) is 3.87. The molecule has 0 aliphatic heterocycles. The summed E-state index contributed by atoms with van der Waals surface area (Å²) in [5.74, 6) is 1.05. The first-order chi connectivity index (χ1) is 9.67. The van der Waals surface area contributed by atoms with Crippen molar-refractivity contribution in [2.24, 2.45) is 5.92 Å². The molecule has 0 saturated heterocycles. The number of pyridine rings is 1. The van der Waals surface area contributed by atoms with Gasteiger partial charge in [0.1, 0.15) is 5.75 Å². The molecule has 0 saturated carbocycles. The third kappa shape index (κ3) is 2.31. The molecule has 1 aromatic heterocycles. The zero-order valence-electron chi connectivity index (χ0n) is 11.7. The first kappa shape index (κ1) is 12.9. The lowest BCUT2D eigenvalue weighted by Crippen LogP contribution is -2.13. The molecule has 2 aromatic rings. The summed E-state index contributed by atoms with van der Waals surface area (Å²) in [6.45, 7) is 1.94. The molecule has 1 unspecified atom stereocenters. The highest BCUT2D eigenvalue weighted by Gasteiger charge is 2.30. The van der Waals surface area contributed by atoms with Gasteiger partial charge in [-0.3, -0.25) is 9.78 Å². The lowest BCUT2D eigenvalue weighted by Gasteiger charge is -2.09.